The molecule has 0 unspecified atom stereocenters. The van der Waals surface area contributed by atoms with Crippen molar-refractivity contribution in [1.82, 2.24) is 0 Å². The maximum Gasteiger partial charge on any atom is 0.323 e. The summed E-state index contributed by atoms with van der Waals surface area (Å²) in [6.45, 7) is 1.48. The minimum Gasteiger partial charge on any atom is -0.480 e. The second-order valence-corrected chi connectivity index (χ2v) is 4.59. The first-order valence-corrected chi connectivity index (χ1v) is 5.42. The minimum absolute atomic E-state index is 0.234. The summed E-state index contributed by atoms with van der Waals surface area (Å²) in [6.07, 6.45) is 0.234. The fourth-order valence-corrected chi connectivity index (χ4v) is 1.79. The van der Waals surface area contributed by atoms with E-state index in [2.05, 4.69) is 9.98 Å². The van der Waals surface area contributed by atoms with Gasteiger partial charge in [-0.25, -0.2) is 9.98 Å². The van der Waals surface area contributed by atoms with Gasteiger partial charge in [-0.15, -0.1) is 0 Å². The Kier molecular flexibility index (Phi) is 2.76. The van der Waals surface area contributed by atoms with Gasteiger partial charge in [0.25, 0.3) is 0 Å². The monoisotopic (exact) mass is 249 g/mol. The van der Waals surface area contributed by atoms with Gasteiger partial charge in [0, 0.05) is 6.42 Å². The van der Waals surface area contributed by atoms with Crippen molar-refractivity contribution in [3.05, 3.63) is 34.5 Å². The third-order valence-electron chi connectivity index (χ3n) is 2.53. The summed E-state index contributed by atoms with van der Waals surface area (Å²) in [7, 11) is 0. The molecule has 0 aliphatic carbocycles. The summed E-state index contributed by atoms with van der Waals surface area (Å²) in [5.41, 5.74) is 5.20. The number of nitrogens with two attached hydrogens (primary N) is 1. The van der Waals surface area contributed by atoms with Crippen LogP contribution in [0.3, 0.4) is 0 Å². The number of nitrogens with zero attached hydrogens (tertiary/aromatic N) is 2. The number of fused-ring (bicyclic) bond motifs is 1. The Balaban J connectivity index is 2.36. The smallest absolute Gasteiger partial charge is 0.323 e. The molecule has 0 bridgehead atoms. The van der Waals surface area contributed by atoms with E-state index in [0.717, 1.165) is 5.56 Å². The van der Waals surface area contributed by atoms with Crippen LogP contribution in [0.15, 0.2) is 28.2 Å². The molecule has 1 aliphatic heterocycles. The van der Waals surface area contributed by atoms with Crippen LogP contribution in [-0.2, 0) is 11.2 Å². The molecule has 0 radical (unpaired) electrons. The second kappa shape index (κ2) is 3.97. The normalized spacial score (nSPS) is 16.7. The number of thiocarbonyl (C=S) groups is 1. The Bertz CT molecular complexity index is 622. The Morgan fingerprint density at radius 2 is 2.12 bits per heavy atom. The average Bonchev–Trinajstić information content (AvgIpc) is 2.56. The van der Waals surface area contributed by atoms with Crippen molar-refractivity contribution >= 4 is 23.3 Å². The zero-order valence-electron chi connectivity index (χ0n) is 9.17. The molecule has 0 saturated heterocycles. The highest BCUT2D eigenvalue weighted by Gasteiger charge is 2.28. The highest BCUT2D eigenvalue weighted by molar-refractivity contribution is 7.80. The lowest BCUT2D eigenvalue weighted by Crippen LogP contribution is -2.47. The van der Waals surface area contributed by atoms with Crippen LogP contribution >= 0.6 is 12.2 Å². The second-order valence-electron chi connectivity index (χ2n) is 4.23. The van der Waals surface area contributed by atoms with Crippen molar-refractivity contribution in [3.8, 4) is 0 Å². The number of hydrogen-bond acceptors (Lipinski definition) is 3. The Morgan fingerprint density at radius 1 is 1.47 bits per heavy atom. The molecular formula is C11H11N3O2S. The van der Waals surface area contributed by atoms with E-state index in [9.17, 15) is 4.79 Å². The minimum atomic E-state index is -1.29. The van der Waals surface area contributed by atoms with E-state index in [4.69, 9.17) is 23.1 Å². The van der Waals surface area contributed by atoms with Gasteiger partial charge < -0.3 is 10.8 Å². The molecule has 1 atom stereocenters. The molecule has 5 nitrogen and oxygen atoms in total. The standard InChI is InChI=1S/C11H11N3O2S/c1-11(12,9(15)16)5-6-2-3-7-8(4-6)14-10(17)13-7/h2-4H,5,12H2,1H3,(H,15,16)/t11-/m0/s1. The van der Waals surface area contributed by atoms with Crippen LogP contribution in [0.4, 0.5) is 0 Å². The molecule has 0 aromatic heterocycles. The first-order chi connectivity index (χ1) is 7.88. The van der Waals surface area contributed by atoms with Crippen LogP contribution in [0.5, 0.6) is 0 Å². The molecular weight excluding hydrogens is 238 g/mol. The zero-order chi connectivity index (χ0) is 12.6. The molecule has 0 fully saturated rings. The highest BCUT2D eigenvalue weighted by atomic mass is 32.1. The van der Waals surface area contributed by atoms with Crippen LogP contribution in [0, 0.1) is 0 Å². The van der Waals surface area contributed by atoms with E-state index in [1.165, 1.54) is 6.92 Å². The molecule has 0 amide bonds. The number of carboxylic acids is 1. The predicted octanol–water partition coefficient (Wildman–Crippen LogP) is -0.431. The van der Waals surface area contributed by atoms with Crippen molar-refractivity contribution in [3.63, 3.8) is 0 Å². The van der Waals surface area contributed by atoms with Crippen LogP contribution in [-0.4, -0.2) is 21.7 Å². The Hall–Kier alpha value is -1.66. The number of rotatable bonds is 3. The largest absolute Gasteiger partial charge is 0.480 e. The topological polar surface area (TPSA) is 88.0 Å². The van der Waals surface area contributed by atoms with Crippen LogP contribution in [0.1, 0.15) is 12.5 Å². The van der Waals surface area contributed by atoms with Crippen molar-refractivity contribution < 1.29 is 9.90 Å². The van der Waals surface area contributed by atoms with Crippen molar-refractivity contribution in [2.24, 2.45) is 15.7 Å². The van der Waals surface area contributed by atoms with Crippen molar-refractivity contribution in [2.75, 3.05) is 0 Å². The van der Waals surface area contributed by atoms with Gasteiger partial charge >= 0.3 is 5.97 Å². The number of aliphatic carboxylic acids is 1. The lowest BCUT2D eigenvalue weighted by molar-refractivity contribution is -0.142. The van der Waals surface area contributed by atoms with E-state index < -0.39 is 11.5 Å². The Morgan fingerprint density at radius 3 is 2.76 bits per heavy atom. The fourth-order valence-electron chi connectivity index (χ4n) is 1.59. The third kappa shape index (κ3) is 2.37. The fraction of sp³-hybridized carbons (Fsp3) is 0.273. The number of carbonyl (C=O) groups is 1. The van der Waals surface area contributed by atoms with E-state index >= 15 is 0 Å². The molecule has 1 aromatic carbocycles. The summed E-state index contributed by atoms with van der Waals surface area (Å²) >= 11 is 4.87. The van der Waals surface area contributed by atoms with Crippen LogP contribution in [0.25, 0.3) is 0 Å². The van der Waals surface area contributed by atoms with Gasteiger partial charge in [0.05, 0.1) is 10.7 Å². The molecule has 1 aromatic rings. The predicted molar refractivity (Wildman–Crippen MR) is 65.3 cm³/mol. The van der Waals surface area contributed by atoms with Gasteiger partial charge in [0.1, 0.15) is 5.54 Å². The number of hydrogen-bond donors (Lipinski definition) is 2. The molecule has 0 spiro atoms. The maximum absolute atomic E-state index is 10.9. The van der Waals surface area contributed by atoms with Gasteiger partial charge in [-0.3, -0.25) is 4.79 Å². The summed E-state index contributed by atoms with van der Waals surface area (Å²) in [5.74, 6) is -1.03. The molecule has 0 saturated carbocycles. The lowest BCUT2D eigenvalue weighted by Gasteiger charge is -2.18. The van der Waals surface area contributed by atoms with E-state index in [1.54, 1.807) is 18.2 Å². The van der Waals surface area contributed by atoms with Crippen molar-refractivity contribution in [2.45, 2.75) is 18.9 Å². The number of benzene rings is 1. The average molecular weight is 249 g/mol. The summed E-state index contributed by atoms with van der Waals surface area (Å²) in [6, 6.07) is 5.33. The molecule has 3 N–H and O–H groups in total. The van der Waals surface area contributed by atoms with E-state index in [-0.39, 0.29) is 6.42 Å². The molecule has 2 rings (SSSR count). The van der Waals surface area contributed by atoms with Gasteiger partial charge in [0.15, 0.2) is 0 Å². The first kappa shape index (κ1) is 11.8. The summed E-state index contributed by atoms with van der Waals surface area (Å²) in [4.78, 5) is 19.0. The lowest BCUT2D eigenvalue weighted by atomic mass is 9.94. The highest BCUT2D eigenvalue weighted by Crippen LogP contribution is 2.08. The summed E-state index contributed by atoms with van der Waals surface area (Å²) in [5, 5.41) is 10.6. The molecule has 17 heavy (non-hydrogen) atoms. The quantitative estimate of drug-likeness (QED) is 0.711. The number of carboxylic acid groups (broad SMARTS) is 1. The van der Waals surface area contributed by atoms with Crippen LogP contribution < -0.4 is 16.4 Å². The van der Waals surface area contributed by atoms with Gasteiger partial charge in [-0.05, 0) is 36.8 Å². The molecule has 1 aliphatic rings. The third-order valence-corrected chi connectivity index (χ3v) is 2.71. The van der Waals surface area contributed by atoms with E-state index in [1.807, 2.05) is 0 Å². The van der Waals surface area contributed by atoms with Crippen molar-refractivity contribution in [1.29, 1.82) is 0 Å². The Labute approximate surface area is 103 Å². The summed E-state index contributed by atoms with van der Waals surface area (Å²) < 4.78 is 0. The van der Waals surface area contributed by atoms with Gasteiger partial charge in [-0.1, -0.05) is 6.07 Å². The zero-order valence-corrected chi connectivity index (χ0v) is 9.99. The van der Waals surface area contributed by atoms with E-state index in [0.29, 0.717) is 15.8 Å². The first-order valence-electron chi connectivity index (χ1n) is 5.01. The van der Waals surface area contributed by atoms with Gasteiger partial charge in [-0.2, -0.15) is 0 Å². The molecule has 6 heteroatoms. The maximum atomic E-state index is 10.9. The van der Waals surface area contributed by atoms with Crippen LogP contribution in [0.2, 0.25) is 0 Å². The SMILES string of the molecule is C[C@](N)(Cc1ccc2c(c1)=NC(=S)N=2)C(=O)O. The molecule has 88 valence electrons. The van der Waals surface area contributed by atoms with Gasteiger partial charge in [0.2, 0.25) is 5.11 Å². The molecule has 1 heterocycles.